The fourth-order valence-corrected chi connectivity index (χ4v) is 4.08. The first-order valence-corrected chi connectivity index (χ1v) is 11.5. The number of nitrogens with zero attached hydrogens (tertiary/aromatic N) is 1. The van der Waals surface area contributed by atoms with Gasteiger partial charge in [0.2, 0.25) is 12.3 Å². The van der Waals surface area contributed by atoms with Crippen LogP contribution in [0.15, 0.2) is 72.8 Å². The first kappa shape index (κ1) is 24.0. The SMILES string of the molecule is COc1ccc(C(=O)N[C@@H]2C(=O)N/[N+](=C\c3ccc(C(C)C)cc3)[C@@H]2c2ccc(OC)cc2)cc1. The van der Waals surface area contributed by atoms with Crippen molar-refractivity contribution < 1.29 is 23.7 Å². The van der Waals surface area contributed by atoms with E-state index < -0.39 is 12.1 Å². The summed E-state index contributed by atoms with van der Waals surface area (Å²) in [6.07, 6.45) is 1.89. The Kier molecular flexibility index (Phi) is 7.15. The van der Waals surface area contributed by atoms with E-state index in [2.05, 4.69) is 36.7 Å². The number of hydrazine groups is 1. The number of amides is 2. The molecule has 0 aliphatic carbocycles. The first-order chi connectivity index (χ1) is 16.9. The number of ether oxygens (including phenoxy) is 2. The molecule has 1 aliphatic rings. The average molecular weight is 473 g/mol. The molecule has 3 aromatic carbocycles. The zero-order valence-electron chi connectivity index (χ0n) is 20.3. The standard InChI is InChI=1S/C28H29N3O4/c1-18(2)20-7-5-19(6-8-20)17-31-26(21-9-13-23(34-3)14-10-21)25(28(33)30-31)29-27(32)22-11-15-24(35-4)16-12-22/h5-18,25-26H,1-4H3,(H-,29,30,32,33)/p+1/b31-17-/t25-,26+/m0/s1. The quantitative estimate of drug-likeness (QED) is 0.512. The summed E-state index contributed by atoms with van der Waals surface area (Å²) in [5, 5.41) is 2.91. The van der Waals surface area contributed by atoms with Crippen molar-refractivity contribution in [3.8, 4) is 11.5 Å². The highest BCUT2D eigenvalue weighted by Gasteiger charge is 2.47. The Bertz CT molecular complexity index is 1220. The van der Waals surface area contributed by atoms with E-state index in [0.29, 0.717) is 23.0 Å². The summed E-state index contributed by atoms with van der Waals surface area (Å²) in [6.45, 7) is 4.30. The number of carbonyl (C=O) groups is 2. The smallest absolute Gasteiger partial charge is 0.304 e. The minimum Gasteiger partial charge on any atom is -0.497 e. The molecule has 7 nitrogen and oxygen atoms in total. The van der Waals surface area contributed by atoms with Crippen LogP contribution in [0.25, 0.3) is 0 Å². The zero-order valence-corrected chi connectivity index (χ0v) is 20.3. The van der Waals surface area contributed by atoms with Gasteiger partial charge in [-0.05, 0) is 72.1 Å². The molecule has 35 heavy (non-hydrogen) atoms. The lowest BCUT2D eigenvalue weighted by molar-refractivity contribution is -0.596. The minimum atomic E-state index is -0.802. The molecule has 1 aliphatic heterocycles. The first-order valence-electron chi connectivity index (χ1n) is 11.5. The Morgan fingerprint density at radius 2 is 1.49 bits per heavy atom. The second-order valence-corrected chi connectivity index (χ2v) is 8.73. The molecule has 1 saturated heterocycles. The van der Waals surface area contributed by atoms with Gasteiger partial charge in [0.05, 0.1) is 14.2 Å². The highest BCUT2D eigenvalue weighted by Crippen LogP contribution is 2.27. The van der Waals surface area contributed by atoms with Gasteiger partial charge >= 0.3 is 5.91 Å². The molecular formula is C28H30N3O4+. The third-order valence-corrected chi connectivity index (χ3v) is 6.12. The fraction of sp³-hybridized carbons (Fsp3) is 0.250. The Balaban J connectivity index is 1.67. The molecule has 2 amide bonds. The van der Waals surface area contributed by atoms with Gasteiger partial charge in [0.1, 0.15) is 11.5 Å². The number of methoxy groups -OCH3 is 2. The van der Waals surface area contributed by atoms with E-state index in [1.54, 1.807) is 43.2 Å². The van der Waals surface area contributed by atoms with Crippen LogP contribution in [-0.4, -0.2) is 43.0 Å². The molecule has 2 N–H and O–H groups in total. The Morgan fingerprint density at radius 1 is 0.914 bits per heavy atom. The van der Waals surface area contributed by atoms with Crippen molar-refractivity contribution in [1.29, 1.82) is 0 Å². The van der Waals surface area contributed by atoms with Gasteiger partial charge in [-0.15, -0.1) is 10.1 Å². The van der Waals surface area contributed by atoms with Crippen LogP contribution in [0.5, 0.6) is 11.5 Å². The summed E-state index contributed by atoms with van der Waals surface area (Å²) in [4.78, 5) is 26.1. The van der Waals surface area contributed by atoms with E-state index in [9.17, 15) is 9.59 Å². The number of hydrogen-bond donors (Lipinski definition) is 2. The van der Waals surface area contributed by atoms with Crippen molar-refractivity contribution in [2.75, 3.05) is 14.2 Å². The van der Waals surface area contributed by atoms with Crippen molar-refractivity contribution in [2.45, 2.75) is 31.8 Å². The van der Waals surface area contributed by atoms with Crippen molar-refractivity contribution in [2.24, 2.45) is 0 Å². The third kappa shape index (κ3) is 5.35. The number of hydrazone groups is 1. The summed E-state index contributed by atoms with van der Waals surface area (Å²) in [7, 11) is 3.17. The van der Waals surface area contributed by atoms with Gasteiger partial charge in [0.25, 0.3) is 5.91 Å². The topological polar surface area (TPSA) is 79.7 Å². The van der Waals surface area contributed by atoms with E-state index in [0.717, 1.165) is 11.1 Å². The number of nitrogens with one attached hydrogen (secondary N) is 2. The molecule has 3 aromatic rings. The van der Waals surface area contributed by atoms with E-state index in [1.807, 2.05) is 42.6 Å². The summed E-state index contributed by atoms with van der Waals surface area (Å²) in [5.74, 6) is 1.17. The predicted molar refractivity (Wildman–Crippen MR) is 134 cm³/mol. The Labute approximate surface area is 205 Å². The second kappa shape index (κ2) is 10.4. The highest BCUT2D eigenvalue weighted by molar-refractivity contribution is 5.98. The van der Waals surface area contributed by atoms with Gasteiger partial charge < -0.3 is 14.8 Å². The number of rotatable bonds is 7. The lowest BCUT2D eigenvalue weighted by Crippen LogP contribution is -2.42. The molecule has 0 unspecified atom stereocenters. The predicted octanol–water partition coefficient (Wildman–Crippen LogP) is 3.84. The molecular weight excluding hydrogens is 442 g/mol. The third-order valence-electron chi connectivity index (χ3n) is 6.12. The maximum atomic E-state index is 13.1. The molecule has 1 heterocycles. The van der Waals surface area contributed by atoms with Crippen molar-refractivity contribution >= 4 is 18.0 Å². The molecule has 1 fully saturated rings. The van der Waals surface area contributed by atoms with Crippen LogP contribution >= 0.6 is 0 Å². The molecule has 0 saturated carbocycles. The molecule has 4 rings (SSSR count). The van der Waals surface area contributed by atoms with Crippen LogP contribution in [0.1, 0.15) is 52.9 Å². The normalized spacial score (nSPS) is 18.4. The minimum absolute atomic E-state index is 0.289. The van der Waals surface area contributed by atoms with Crippen molar-refractivity contribution in [1.82, 2.24) is 10.7 Å². The average Bonchev–Trinajstić information content (AvgIpc) is 3.18. The Morgan fingerprint density at radius 3 is 2.03 bits per heavy atom. The van der Waals surface area contributed by atoms with Gasteiger partial charge in [-0.1, -0.05) is 26.0 Å². The van der Waals surface area contributed by atoms with Gasteiger partial charge in [-0.3, -0.25) is 9.59 Å². The monoisotopic (exact) mass is 472 g/mol. The maximum Gasteiger partial charge on any atom is 0.304 e. The number of benzene rings is 3. The molecule has 0 radical (unpaired) electrons. The van der Waals surface area contributed by atoms with E-state index in [-0.39, 0.29) is 11.8 Å². The summed E-state index contributed by atoms with van der Waals surface area (Å²) in [5.41, 5.74) is 6.40. The fourth-order valence-electron chi connectivity index (χ4n) is 4.08. The molecule has 0 bridgehead atoms. The Hall–Kier alpha value is -4.13. The number of carbonyl (C=O) groups excluding carboxylic acids is 2. The van der Waals surface area contributed by atoms with Crippen LogP contribution in [0.4, 0.5) is 0 Å². The van der Waals surface area contributed by atoms with Crippen molar-refractivity contribution in [3.05, 3.63) is 95.1 Å². The molecule has 180 valence electrons. The zero-order chi connectivity index (χ0) is 24.9. The summed E-state index contributed by atoms with van der Waals surface area (Å²) >= 11 is 0. The van der Waals surface area contributed by atoms with Gasteiger partial charge in [0.15, 0.2) is 6.04 Å². The van der Waals surface area contributed by atoms with E-state index >= 15 is 0 Å². The molecule has 7 heteroatoms. The summed E-state index contributed by atoms with van der Waals surface area (Å²) in [6, 6.07) is 21.2. The second-order valence-electron chi connectivity index (χ2n) is 8.73. The number of hydrogen-bond acceptors (Lipinski definition) is 4. The van der Waals surface area contributed by atoms with Gasteiger partial charge in [-0.2, -0.15) is 0 Å². The van der Waals surface area contributed by atoms with Gasteiger partial charge in [-0.25, -0.2) is 0 Å². The van der Waals surface area contributed by atoms with Crippen LogP contribution in [-0.2, 0) is 4.79 Å². The van der Waals surface area contributed by atoms with Crippen LogP contribution in [0.3, 0.4) is 0 Å². The van der Waals surface area contributed by atoms with Crippen molar-refractivity contribution in [3.63, 3.8) is 0 Å². The van der Waals surface area contributed by atoms with Crippen LogP contribution in [0, 0.1) is 0 Å². The highest BCUT2D eigenvalue weighted by atomic mass is 16.5. The lowest BCUT2D eigenvalue weighted by Gasteiger charge is -2.15. The van der Waals surface area contributed by atoms with E-state index in [1.165, 1.54) is 5.56 Å². The van der Waals surface area contributed by atoms with Crippen LogP contribution < -0.4 is 20.2 Å². The molecule has 0 aromatic heterocycles. The summed E-state index contributed by atoms with van der Waals surface area (Å²) < 4.78 is 12.2. The van der Waals surface area contributed by atoms with Crippen LogP contribution in [0.2, 0.25) is 0 Å². The van der Waals surface area contributed by atoms with Gasteiger partial charge in [0, 0.05) is 16.7 Å². The van der Waals surface area contributed by atoms with E-state index in [4.69, 9.17) is 9.47 Å². The molecule has 2 atom stereocenters. The molecule has 0 spiro atoms. The lowest BCUT2D eigenvalue weighted by atomic mass is 9.99. The largest absolute Gasteiger partial charge is 0.497 e. The maximum absolute atomic E-state index is 13.1.